The number of imide groups is 1. The van der Waals surface area contributed by atoms with Crippen molar-refractivity contribution in [3.05, 3.63) is 77.9 Å². The number of hydrogen-bond acceptors (Lipinski definition) is 4. The van der Waals surface area contributed by atoms with E-state index in [2.05, 4.69) is 17.0 Å². The fourth-order valence-electron chi connectivity index (χ4n) is 5.38. The van der Waals surface area contributed by atoms with E-state index in [0.717, 1.165) is 41.5 Å². The van der Waals surface area contributed by atoms with Gasteiger partial charge in [0.1, 0.15) is 11.3 Å². The van der Waals surface area contributed by atoms with Crippen LogP contribution >= 0.6 is 0 Å². The first-order chi connectivity index (χ1) is 16.0. The van der Waals surface area contributed by atoms with Crippen LogP contribution in [0.15, 0.2) is 66.7 Å². The monoisotopic (exact) mass is 443 g/mol. The van der Waals surface area contributed by atoms with Crippen molar-refractivity contribution in [2.45, 2.75) is 38.4 Å². The molecule has 3 amide bonds. The molecule has 0 bridgehead atoms. The normalized spacial score (nSPS) is 18.6. The van der Waals surface area contributed by atoms with Crippen molar-refractivity contribution in [2.75, 3.05) is 19.6 Å². The van der Waals surface area contributed by atoms with Crippen molar-refractivity contribution >= 4 is 22.7 Å². The van der Waals surface area contributed by atoms with Gasteiger partial charge in [0.2, 0.25) is 0 Å². The van der Waals surface area contributed by atoms with Gasteiger partial charge >= 0.3 is 6.03 Å². The van der Waals surface area contributed by atoms with Gasteiger partial charge in [0, 0.05) is 26.2 Å². The van der Waals surface area contributed by atoms with Gasteiger partial charge in [0.05, 0.1) is 6.54 Å². The van der Waals surface area contributed by atoms with Crippen molar-refractivity contribution in [3.63, 3.8) is 0 Å². The SMILES string of the molecule is CCN1C(=O)N(Cc2cccc3ccccc23)C(=O)C12CCN(Cc1ccc(O)cc1)CC2. The van der Waals surface area contributed by atoms with Crippen LogP contribution < -0.4 is 0 Å². The summed E-state index contributed by atoms with van der Waals surface area (Å²) in [5.41, 5.74) is 1.37. The number of likely N-dealkylation sites (tertiary alicyclic amines) is 1. The Hall–Kier alpha value is -3.38. The molecule has 0 saturated carbocycles. The highest BCUT2D eigenvalue weighted by atomic mass is 16.3. The maximum absolute atomic E-state index is 13.7. The van der Waals surface area contributed by atoms with E-state index in [1.165, 1.54) is 4.90 Å². The number of rotatable bonds is 5. The summed E-state index contributed by atoms with van der Waals surface area (Å²) in [6.45, 7) is 5.04. The number of amides is 3. The average molecular weight is 444 g/mol. The second-order valence-corrected chi connectivity index (χ2v) is 9.03. The van der Waals surface area contributed by atoms with Crippen molar-refractivity contribution in [1.82, 2.24) is 14.7 Å². The fourth-order valence-corrected chi connectivity index (χ4v) is 5.38. The number of nitrogens with zero attached hydrogens (tertiary/aromatic N) is 3. The number of urea groups is 1. The predicted molar refractivity (Wildman–Crippen MR) is 128 cm³/mol. The third-order valence-electron chi connectivity index (χ3n) is 7.17. The second kappa shape index (κ2) is 8.52. The summed E-state index contributed by atoms with van der Waals surface area (Å²) in [5, 5.41) is 11.7. The molecule has 2 aliphatic heterocycles. The van der Waals surface area contributed by atoms with Crippen LogP contribution in [0.4, 0.5) is 4.79 Å². The number of phenolic OH excluding ortho intramolecular Hbond substituents is 1. The first kappa shape index (κ1) is 21.5. The van der Waals surface area contributed by atoms with E-state index in [1.807, 2.05) is 49.4 Å². The van der Waals surface area contributed by atoms with E-state index in [9.17, 15) is 14.7 Å². The minimum Gasteiger partial charge on any atom is -0.508 e. The van der Waals surface area contributed by atoms with Gasteiger partial charge in [-0.15, -0.1) is 0 Å². The summed E-state index contributed by atoms with van der Waals surface area (Å²) in [4.78, 5) is 32.6. The van der Waals surface area contributed by atoms with Crippen LogP contribution in [0.1, 0.15) is 30.9 Å². The van der Waals surface area contributed by atoms with Crippen LogP contribution in [-0.2, 0) is 17.9 Å². The molecule has 5 rings (SSSR count). The Bertz CT molecular complexity index is 1180. The van der Waals surface area contributed by atoms with E-state index in [4.69, 9.17) is 0 Å². The predicted octanol–water partition coefficient (Wildman–Crippen LogP) is 4.36. The van der Waals surface area contributed by atoms with Crippen molar-refractivity contribution in [3.8, 4) is 5.75 Å². The lowest BCUT2D eigenvalue weighted by atomic mass is 9.85. The summed E-state index contributed by atoms with van der Waals surface area (Å²) in [6.07, 6.45) is 1.27. The molecule has 0 unspecified atom stereocenters. The van der Waals surface area contributed by atoms with Crippen LogP contribution in [0.2, 0.25) is 0 Å². The molecule has 0 radical (unpaired) electrons. The van der Waals surface area contributed by atoms with Gasteiger partial charge in [-0.25, -0.2) is 4.79 Å². The number of benzene rings is 3. The van der Waals surface area contributed by atoms with Gasteiger partial charge in [0.15, 0.2) is 0 Å². The number of piperidine rings is 1. The molecular weight excluding hydrogens is 414 g/mol. The Morgan fingerprint density at radius 2 is 1.58 bits per heavy atom. The highest BCUT2D eigenvalue weighted by Crippen LogP contribution is 2.38. The number of fused-ring (bicyclic) bond motifs is 1. The van der Waals surface area contributed by atoms with Crippen LogP contribution in [0.5, 0.6) is 5.75 Å². The zero-order chi connectivity index (χ0) is 23.0. The van der Waals surface area contributed by atoms with E-state index in [1.54, 1.807) is 17.0 Å². The quantitative estimate of drug-likeness (QED) is 0.595. The molecule has 2 aliphatic rings. The first-order valence-electron chi connectivity index (χ1n) is 11.6. The molecule has 170 valence electrons. The third kappa shape index (κ3) is 3.74. The van der Waals surface area contributed by atoms with Crippen molar-refractivity contribution < 1.29 is 14.7 Å². The summed E-state index contributed by atoms with van der Waals surface area (Å²) in [5.74, 6) is 0.197. The molecule has 2 saturated heterocycles. The molecule has 3 aromatic rings. The smallest absolute Gasteiger partial charge is 0.327 e. The molecule has 0 aromatic heterocycles. The number of carbonyl (C=O) groups excluding carboxylic acids is 2. The number of aromatic hydroxyl groups is 1. The molecular formula is C27H29N3O3. The van der Waals surface area contributed by atoms with Crippen LogP contribution in [0.3, 0.4) is 0 Å². The number of phenols is 1. The molecule has 1 N–H and O–H groups in total. The lowest BCUT2D eigenvalue weighted by Crippen LogP contribution is -2.56. The third-order valence-corrected chi connectivity index (χ3v) is 7.17. The van der Waals surface area contributed by atoms with Crippen LogP contribution in [-0.4, -0.2) is 56.9 Å². The largest absolute Gasteiger partial charge is 0.508 e. The van der Waals surface area contributed by atoms with E-state index in [0.29, 0.717) is 25.9 Å². The molecule has 2 heterocycles. The van der Waals surface area contributed by atoms with Gasteiger partial charge < -0.3 is 10.0 Å². The van der Waals surface area contributed by atoms with Gasteiger partial charge in [-0.3, -0.25) is 14.6 Å². The van der Waals surface area contributed by atoms with Crippen LogP contribution in [0.25, 0.3) is 10.8 Å². The Morgan fingerprint density at radius 1 is 0.879 bits per heavy atom. The van der Waals surface area contributed by atoms with Crippen molar-refractivity contribution in [1.29, 1.82) is 0 Å². The van der Waals surface area contributed by atoms with E-state index >= 15 is 0 Å². The zero-order valence-electron chi connectivity index (χ0n) is 18.9. The topological polar surface area (TPSA) is 64.1 Å². The minimum absolute atomic E-state index is 0.0634. The van der Waals surface area contributed by atoms with Gasteiger partial charge in [-0.2, -0.15) is 0 Å². The molecule has 1 spiro atoms. The standard InChI is InChI=1S/C27H29N3O3/c1-2-30-26(33)29(19-22-8-5-7-21-6-3-4-9-24(21)22)25(32)27(30)14-16-28(17-15-27)18-20-10-12-23(31)13-11-20/h3-13,31H,2,14-19H2,1H3. The minimum atomic E-state index is -0.748. The lowest BCUT2D eigenvalue weighted by molar-refractivity contribution is -0.136. The molecule has 3 aromatic carbocycles. The number of hydrogen-bond donors (Lipinski definition) is 1. The summed E-state index contributed by atoms with van der Waals surface area (Å²) in [7, 11) is 0. The molecule has 2 fully saturated rings. The van der Waals surface area contributed by atoms with Crippen molar-refractivity contribution in [2.24, 2.45) is 0 Å². The lowest BCUT2D eigenvalue weighted by Gasteiger charge is -2.42. The number of carbonyl (C=O) groups is 2. The van der Waals surface area contributed by atoms with E-state index in [-0.39, 0.29) is 17.7 Å². The Morgan fingerprint density at radius 3 is 2.30 bits per heavy atom. The maximum Gasteiger partial charge on any atom is 0.327 e. The average Bonchev–Trinajstić information content (AvgIpc) is 3.03. The summed E-state index contributed by atoms with van der Waals surface area (Å²) < 4.78 is 0. The molecule has 6 heteroatoms. The summed E-state index contributed by atoms with van der Waals surface area (Å²) >= 11 is 0. The highest BCUT2D eigenvalue weighted by molar-refractivity contribution is 6.07. The Kier molecular flexibility index (Phi) is 5.54. The fraction of sp³-hybridized carbons (Fsp3) is 0.333. The van der Waals surface area contributed by atoms with Gasteiger partial charge in [0.25, 0.3) is 5.91 Å². The van der Waals surface area contributed by atoms with Gasteiger partial charge in [-0.1, -0.05) is 54.6 Å². The maximum atomic E-state index is 13.7. The molecule has 33 heavy (non-hydrogen) atoms. The summed E-state index contributed by atoms with van der Waals surface area (Å²) in [6, 6.07) is 21.2. The molecule has 0 atom stereocenters. The molecule has 6 nitrogen and oxygen atoms in total. The Labute approximate surface area is 194 Å². The molecule has 0 aliphatic carbocycles. The van der Waals surface area contributed by atoms with Crippen LogP contribution in [0, 0.1) is 0 Å². The zero-order valence-corrected chi connectivity index (χ0v) is 18.9. The first-order valence-corrected chi connectivity index (χ1v) is 11.6. The second-order valence-electron chi connectivity index (χ2n) is 9.03. The number of likely N-dealkylation sites (N-methyl/N-ethyl adjacent to an activating group) is 1. The highest BCUT2D eigenvalue weighted by Gasteiger charge is 2.57. The Balaban J connectivity index is 1.35. The van der Waals surface area contributed by atoms with Gasteiger partial charge in [-0.05, 0) is 53.8 Å². The van der Waals surface area contributed by atoms with E-state index < -0.39 is 5.54 Å².